The number of benzene rings is 2. The van der Waals surface area contributed by atoms with E-state index in [1.165, 1.54) is 24.3 Å². The lowest BCUT2D eigenvalue weighted by Gasteiger charge is -2.05. The molecular formula is C21H15ClO6. The highest BCUT2D eigenvalue weighted by molar-refractivity contribution is 6.30. The van der Waals surface area contributed by atoms with Gasteiger partial charge in [-0.1, -0.05) is 23.7 Å². The zero-order valence-electron chi connectivity index (χ0n) is 14.8. The summed E-state index contributed by atoms with van der Waals surface area (Å²) >= 11 is 5.81. The number of ether oxygens (including phenoxy) is 2. The summed E-state index contributed by atoms with van der Waals surface area (Å²) in [4.78, 5) is 35.7. The van der Waals surface area contributed by atoms with Gasteiger partial charge in [0.05, 0.1) is 6.61 Å². The molecule has 0 N–H and O–H groups in total. The van der Waals surface area contributed by atoms with Gasteiger partial charge in [0.2, 0.25) is 0 Å². The molecule has 0 unspecified atom stereocenters. The summed E-state index contributed by atoms with van der Waals surface area (Å²) in [6.45, 7) is 1.79. The first-order valence-electron chi connectivity index (χ1n) is 8.37. The molecule has 0 aliphatic heterocycles. The van der Waals surface area contributed by atoms with E-state index in [2.05, 4.69) is 0 Å². The number of carbonyl (C=O) groups is 2. The molecule has 3 rings (SSSR count). The van der Waals surface area contributed by atoms with Crippen molar-refractivity contribution < 1.29 is 23.5 Å². The summed E-state index contributed by atoms with van der Waals surface area (Å²) in [5.74, 6) is -1.15. The normalized spacial score (nSPS) is 10.9. The van der Waals surface area contributed by atoms with Crippen LogP contribution in [-0.4, -0.2) is 18.5 Å². The van der Waals surface area contributed by atoms with Crippen LogP contribution in [0.1, 0.15) is 22.8 Å². The monoisotopic (exact) mass is 398 g/mol. The molecule has 1 aromatic heterocycles. The molecule has 6 nitrogen and oxygen atoms in total. The molecule has 0 spiro atoms. The second-order valence-corrected chi connectivity index (χ2v) is 6.11. The molecule has 7 heteroatoms. The maximum Gasteiger partial charge on any atom is 0.351 e. The molecule has 0 atom stereocenters. The first-order valence-corrected chi connectivity index (χ1v) is 8.74. The number of esters is 2. The van der Waals surface area contributed by atoms with Gasteiger partial charge in [-0.25, -0.2) is 14.4 Å². The average molecular weight is 399 g/mol. The minimum atomic E-state index is -0.822. The fraction of sp³-hybridized carbons (Fsp3) is 0.0952. The smallest absolute Gasteiger partial charge is 0.351 e. The Morgan fingerprint density at radius 3 is 2.57 bits per heavy atom. The topological polar surface area (TPSA) is 82.8 Å². The van der Waals surface area contributed by atoms with Crippen molar-refractivity contribution in [2.24, 2.45) is 0 Å². The number of carbonyl (C=O) groups excluding carboxylic acids is 2. The molecule has 2 aromatic carbocycles. The Morgan fingerprint density at radius 2 is 1.86 bits per heavy atom. The molecule has 0 fully saturated rings. The van der Waals surface area contributed by atoms with Gasteiger partial charge in [0.25, 0.3) is 0 Å². The molecule has 1 heterocycles. The van der Waals surface area contributed by atoms with Gasteiger partial charge in [0, 0.05) is 22.6 Å². The van der Waals surface area contributed by atoms with Crippen LogP contribution in [0.2, 0.25) is 5.02 Å². The predicted molar refractivity (Wildman–Crippen MR) is 105 cm³/mol. The van der Waals surface area contributed by atoms with E-state index < -0.39 is 17.6 Å². The Kier molecular flexibility index (Phi) is 5.91. The van der Waals surface area contributed by atoms with Gasteiger partial charge in [-0.05, 0) is 48.9 Å². The third-order valence-electron chi connectivity index (χ3n) is 3.70. The van der Waals surface area contributed by atoms with Crippen LogP contribution in [0.4, 0.5) is 0 Å². The van der Waals surface area contributed by atoms with Crippen LogP contribution in [-0.2, 0) is 9.53 Å². The molecule has 0 radical (unpaired) electrons. The van der Waals surface area contributed by atoms with E-state index in [1.54, 1.807) is 43.3 Å². The fourth-order valence-electron chi connectivity index (χ4n) is 2.39. The molecule has 0 amide bonds. The highest BCUT2D eigenvalue weighted by Crippen LogP contribution is 2.21. The van der Waals surface area contributed by atoms with Gasteiger partial charge in [0.1, 0.15) is 16.9 Å². The van der Waals surface area contributed by atoms with Crippen molar-refractivity contribution in [3.63, 3.8) is 0 Å². The number of fused-ring (bicyclic) bond motifs is 1. The quantitative estimate of drug-likeness (QED) is 0.276. The molecule has 142 valence electrons. The van der Waals surface area contributed by atoms with Crippen LogP contribution < -0.4 is 10.4 Å². The van der Waals surface area contributed by atoms with E-state index in [-0.39, 0.29) is 23.5 Å². The fourth-order valence-corrected chi connectivity index (χ4v) is 2.52. The molecule has 0 bridgehead atoms. The zero-order valence-corrected chi connectivity index (χ0v) is 15.6. The molecule has 3 aromatic rings. The summed E-state index contributed by atoms with van der Waals surface area (Å²) in [6.07, 6.45) is 2.86. The van der Waals surface area contributed by atoms with Crippen molar-refractivity contribution in [1.82, 2.24) is 0 Å². The molecule has 0 aliphatic carbocycles. The minimum Gasteiger partial charge on any atom is -0.462 e. The van der Waals surface area contributed by atoms with Crippen LogP contribution in [0, 0.1) is 0 Å². The zero-order chi connectivity index (χ0) is 20.1. The number of halogens is 1. The van der Waals surface area contributed by atoms with Crippen molar-refractivity contribution in [3.8, 4) is 5.75 Å². The van der Waals surface area contributed by atoms with E-state index in [1.807, 2.05) is 0 Å². The van der Waals surface area contributed by atoms with Crippen molar-refractivity contribution in [1.29, 1.82) is 0 Å². The van der Waals surface area contributed by atoms with Crippen LogP contribution in [0.25, 0.3) is 17.0 Å². The van der Waals surface area contributed by atoms with Gasteiger partial charge in [-0.15, -0.1) is 0 Å². The van der Waals surface area contributed by atoms with E-state index in [0.29, 0.717) is 10.4 Å². The van der Waals surface area contributed by atoms with Crippen LogP contribution >= 0.6 is 11.6 Å². The second-order valence-electron chi connectivity index (χ2n) is 5.67. The standard InChI is InChI=1S/C21H15ClO6/c1-2-26-20(24)17-11-14-6-9-16(12-18(14)28-21(17)25)27-19(23)10-5-13-3-7-15(22)8-4-13/h3-12H,2H2,1H3/b10-5+. The van der Waals surface area contributed by atoms with Crippen molar-refractivity contribution in [3.05, 3.63) is 81.2 Å². The largest absolute Gasteiger partial charge is 0.462 e. The van der Waals surface area contributed by atoms with Gasteiger partial charge in [0.15, 0.2) is 0 Å². The number of hydrogen-bond acceptors (Lipinski definition) is 6. The summed E-state index contributed by atoms with van der Waals surface area (Å²) in [6, 6.07) is 12.8. The van der Waals surface area contributed by atoms with Crippen LogP contribution in [0.3, 0.4) is 0 Å². The Hall–Kier alpha value is -3.38. The molecule has 0 saturated carbocycles. The number of hydrogen-bond donors (Lipinski definition) is 0. The first-order chi connectivity index (χ1) is 13.5. The maximum absolute atomic E-state index is 12.0. The first kappa shape index (κ1) is 19.4. The summed E-state index contributed by atoms with van der Waals surface area (Å²) < 4.78 is 15.2. The highest BCUT2D eigenvalue weighted by atomic mass is 35.5. The summed E-state index contributed by atoms with van der Waals surface area (Å²) in [5, 5.41) is 1.10. The summed E-state index contributed by atoms with van der Waals surface area (Å²) in [7, 11) is 0. The van der Waals surface area contributed by atoms with Crippen LogP contribution in [0.5, 0.6) is 5.75 Å². The van der Waals surface area contributed by atoms with Gasteiger partial charge >= 0.3 is 17.6 Å². The lowest BCUT2D eigenvalue weighted by atomic mass is 10.2. The maximum atomic E-state index is 12.0. The molecular weight excluding hydrogens is 384 g/mol. The summed E-state index contributed by atoms with van der Waals surface area (Å²) in [5.41, 5.74) is -0.0376. The highest BCUT2D eigenvalue weighted by Gasteiger charge is 2.15. The SMILES string of the molecule is CCOC(=O)c1cc2ccc(OC(=O)/C=C/c3ccc(Cl)cc3)cc2oc1=O. The van der Waals surface area contributed by atoms with Gasteiger partial charge in [-0.2, -0.15) is 0 Å². The molecule has 0 aliphatic rings. The van der Waals surface area contributed by atoms with Gasteiger partial charge in [-0.3, -0.25) is 0 Å². The molecule has 28 heavy (non-hydrogen) atoms. The Labute approximate surface area is 164 Å². The molecule has 0 saturated heterocycles. The number of rotatable bonds is 5. The Morgan fingerprint density at radius 1 is 1.11 bits per heavy atom. The lowest BCUT2D eigenvalue weighted by Crippen LogP contribution is -2.16. The predicted octanol–water partition coefficient (Wildman–Crippen LogP) is 4.24. The van der Waals surface area contributed by atoms with E-state index >= 15 is 0 Å². The van der Waals surface area contributed by atoms with Crippen molar-refractivity contribution in [2.75, 3.05) is 6.61 Å². The van der Waals surface area contributed by atoms with Crippen LogP contribution in [0.15, 0.2) is 63.8 Å². The lowest BCUT2D eigenvalue weighted by molar-refractivity contribution is -0.128. The third kappa shape index (κ3) is 4.66. The van der Waals surface area contributed by atoms with Crippen molar-refractivity contribution >= 4 is 40.6 Å². The van der Waals surface area contributed by atoms with Crippen molar-refractivity contribution in [2.45, 2.75) is 6.92 Å². The van der Waals surface area contributed by atoms with E-state index in [9.17, 15) is 14.4 Å². The Bertz CT molecular complexity index is 1110. The minimum absolute atomic E-state index is 0.148. The Balaban J connectivity index is 1.77. The second kappa shape index (κ2) is 8.54. The van der Waals surface area contributed by atoms with E-state index in [0.717, 1.165) is 5.56 Å². The van der Waals surface area contributed by atoms with Gasteiger partial charge < -0.3 is 13.9 Å². The van der Waals surface area contributed by atoms with E-state index in [4.69, 9.17) is 25.5 Å². The average Bonchev–Trinajstić information content (AvgIpc) is 2.67. The third-order valence-corrected chi connectivity index (χ3v) is 3.96.